The summed E-state index contributed by atoms with van der Waals surface area (Å²) >= 11 is 1.36. The van der Waals surface area contributed by atoms with E-state index in [0.717, 1.165) is 10.2 Å². The molecule has 1 aliphatic rings. The monoisotopic (exact) mass is 344 g/mol. The number of benzene rings is 2. The topological polar surface area (TPSA) is 52.8 Å². The molecule has 3 aromatic rings. The molecule has 2 heterocycles. The summed E-state index contributed by atoms with van der Waals surface area (Å²) in [6.07, 6.45) is 0. The van der Waals surface area contributed by atoms with Crippen molar-refractivity contribution in [2.75, 3.05) is 6.79 Å². The maximum atomic E-state index is 13.8. The number of amides is 1. The molecule has 1 amide bonds. The van der Waals surface area contributed by atoms with E-state index in [2.05, 4.69) is 4.99 Å². The average molecular weight is 344 g/mol. The van der Waals surface area contributed by atoms with Crippen molar-refractivity contribution in [2.45, 2.75) is 13.5 Å². The Kier molecular flexibility index (Phi) is 3.57. The Morgan fingerprint density at radius 3 is 2.79 bits per heavy atom. The van der Waals surface area contributed by atoms with Gasteiger partial charge in [-0.3, -0.25) is 4.79 Å². The van der Waals surface area contributed by atoms with Gasteiger partial charge in [-0.25, -0.2) is 4.39 Å². The van der Waals surface area contributed by atoms with E-state index in [1.165, 1.54) is 23.5 Å². The highest BCUT2D eigenvalue weighted by Gasteiger charge is 2.18. The van der Waals surface area contributed by atoms with Crippen LogP contribution in [0, 0.1) is 5.82 Å². The molecule has 2 aromatic carbocycles. The molecule has 24 heavy (non-hydrogen) atoms. The van der Waals surface area contributed by atoms with Crippen LogP contribution in [0.2, 0.25) is 0 Å². The van der Waals surface area contributed by atoms with E-state index in [1.54, 1.807) is 12.1 Å². The Labute approximate surface area is 140 Å². The van der Waals surface area contributed by atoms with Crippen LogP contribution in [0.15, 0.2) is 41.4 Å². The number of hydrogen-bond donors (Lipinski definition) is 0. The normalized spacial score (nSPS) is 13.7. The molecule has 0 fully saturated rings. The number of halogens is 1. The fourth-order valence-electron chi connectivity index (χ4n) is 2.63. The van der Waals surface area contributed by atoms with Crippen molar-refractivity contribution >= 4 is 27.5 Å². The Morgan fingerprint density at radius 1 is 1.29 bits per heavy atom. The Morgan fingerprint density at radius 2 is 2.04 bits per heavy atom. The zero-order chi connectivity index (χ0) is 16.7. The molecule has 0 N–H and O–H groups in total. The van der Waals surface area contributed by atoms with Crippen molar-refractivity contribution in [1.29, 1.82) is 0 Å². The lowest BCUT2D eigenvalue weighted by atomic mass is 10.2. The SMILES string of the molecule is CCn1c(=NC(=O)c2ccccc2F)sc2cc3c(cc21)OCO3. The second kappa shape index (κ2) is 5.76. The van der Waals surface area contributed by atoms with Gasteiger partial charge in [-0.05, 0) is 19.1 Å². The average Bonchev–Trinajstić information content (AvgIpc) is 3.15. The molecule has 122 valence electrons. The highest BCUT2D eigenvalue weighted by atomic mass is 32.1. The van der Waals surface area contributed by atoms with Gasteiger partial charge in [0.25, 0.3) is 5.91 Å². The van der Waals surface area contributed by atoms with Gasteiger partial charge < -0.3 is 14.0 Å². The first kappa shape index (κ1) is 14.9. The summed E-state index contributed by atoms with van der Waals surface area (Å²) in [5, 5.41) is 0. The zero-order valence-corrected chi connectivity index (χ0v) is 13.6. The van der Waals surface area contributed by atoms with Gasteiger partial charge >= 0.3 is 0 Å². The maximum absolute atomic E-state index is 13.8. The number of carbonyl (C=O) groups excluding carboxylic acids is 1. The van der Waals surface area contributed by atoms with Gasteiger partial charge in [0, 0.05) is 18.7 Å². The summed E-state index contributed by atoms with van der Waals surface area (Å²) in [5.74, 6) is 0.187. The summed E-state index contributed by atoms with van der Waals surface area (Å²) in [4.78, 5) is 17.0. The van der Waals surface area contributed by atoms with Crippen LogP contribution in [0.25, 0.3) is 10.2 Å². The van der Waals surface area contributed by atoms with Gasteiger partial charge in [-0.1, -0.05) is 23.5 Å². The quantitative estimate of drug-likeness (QED) is 0.716. The van der Waals surface area contributed by atoms with Crippen molar-refractivity contribution in [3.8, 4) is 11.5 Å². The largest absolute Gasteiger partial charge is 0.454 e. The van der Waals surface area contributed by atoms with Crippen LogP contribution in [-0.2, 0) is 6.54 Å². The van der Waals surface area contributed by atoms with Gasteiger partial charge in [-0.15, -0.1) is 0 Å². The molecule has 0 saturated carbocycles. The Hall–Kier alpha value is -2.67. The van der Waals surface area contributed by atoms with Gasteiger partial charge in [0.05, 0.1) is 15.8 Å². The van der Waals surface area contributed by atoms with Gasteiger partial charge in [0.15, 0.2) is 16.3 Å². The van der Waals surface area contributed by atoms with Crippen molar-refractivity contribution in [3.63, 3.8) is 0 Å². The van der Waals surface area contributed by atoms with Crippen LogP contribution in [0.4, 0.5) is 4.39 Å². The third-order valence-corrected chi connectivity index (χ3v) is 4.84. The number of rotatable bonds is 2. The fraction of sp³-hybridized carbons (Fsp3) is 0.176. The predicted molar refractivity (Wildman–Crippen MR) is 87.9 cm³/mol. The van der Waals surface area contributed by atoms with E-state index in [0.29, 0.717) is 22.8 Å². The lowest BCUT2D eigenvalue weighted by Gasteiger charge is -2.02. The van der Waals surface area contributed by atoms with Crippen LogP contribution < -0.4 is 14.3 Å². The number of thiazole rings is 1. The molecule has 7 heteroatoms. The molecule has 0 unspecified atom stereocenters. The van der Waals surface area contributed by atoms with E-state index in [1.807, 2.05) is 23.6 Å². The van der Waals surface area contributed by atoms with Crippen molar-refractivity contribution in [1.82, 2.24) is 4.57 Å². The van der Waals surface area contributed by atoms with Gasteiger partial charge in [0.1, 0.15) is 5.82 Å². The minimum atomic E-state index is -0.595. The number of ether oxygens (including phenoxy) is 2. The molecule has 1 aliphatic heterocycles. The Balaban J connectivity index is 1.87. The van der Waals surface area contributed by atoms with Crippen LogP contribution in [0.5, 0.6) is 11.5 Å². The van der Waals surface area contributed by atoms with Crippen molar-refractivity contribution in [2.24, 2.45) is 4.99 Å². The maximum Gasteiger partial charge on any atom is 0.282 e. The van der Waals surface area contributed by atoms with E-state index in [9.17, 15) is 9.18 Å². The van der Waals surface area contributed by atoms with E-state index < -0.39 is 11.7 Å². The van der Waals surface area contributed by atoms with E-state index in [-0.39, 0.29) is 12.4 Å². The lowest BCUT2D eigenvalue weighted by molar-refractivity contribution is 0.0994. The van der Waals surface area contributed by atoms with E-state index >= 15 is 0 Å². The Bertz CT molecular complexity index is 1020. The lowest BCUT2D eigenvalue weighted by Crippen LogP contribution is -2.16. The summed E-state index contributed by atoms with van der Waals surface area (Å²) in [6.45, 7) is 2.80. The number of nitrogens with zero attached hydrogens (tertiary/aromatic N) is 2. The molecule has 0 radical (unpaired) electrons. The van der Waals surface area contributed by atoms with Crippen molar-refractivity contribution < 1.29 is 18.7 Å². The second-order valence-corrected chi connectivity index (χ2v) is 6.21. The highest BCUT2D eigenvalue weighted by molar-refractivity contribution is 7.16. The molecule has 5 nitrogen and oxygen atoms in total. The number of hydrogen-bond acceptors (Lipinski definition) is 4. The standard InChI is InChI=1S/C17H13FN2O3S/c1-2-20-12-7-13-14(23-9-22-13)8-15(12)24-17(20)19-16(21)10-5-3-4-6-11(10)18/h3-8H,2,9H2,1H3. The van der Waals surface area contributed by atoms with E-state index in [4.69, 9.17) is 9.47 Å². The molecule has 0 aliphatic carbocycles. The van der Waals surface area contributed by atoms with Crippen LogP contribution >= 0.6 is 11.3 Å². The summed E-state index contributed by atoms with van der Waals surface area (Å²) < 4.78 is 27.4. The highest BCUT2D eigenvalue weighted by Crippen LogP contribution is 2.36. The molecule has 0 bridgehead atoms. The number of fused-ring (bicyclic) bond motifs is 2. The fourth-order valence-corrected chi connectivity index (χ4v) is 3.73. The molecule has 1 aromatic heterocycles. The number of aryl methyl sites for hydroxylation is 1. The smallest absolute Gasteiger partial charge is 0.282 e. The first-order valence-corrected chi connectivity index (χ1v) is 8.25. The van der Waals surface area contributed by atoms with Crippen molar-refractivity contribution in [3.05, 3.63) is 52.6 Å². The summed E-state index contributed by atoms with van der Waals surface area (Å²) in [6, 6.07) is 9.59. The summed E-state index contributed by atoms with van der Waals surface area (Å²) in [7, 11) is 0. The number of carbonyl (C=O) groups is 1. The predicted octanol–water partition coefficient (Wildman–Crippen LogP) is 3.33. The molecule has 0 spiro atoms. The first-order valence-electron chi connectivity index (χ1n) is 7.44. The van der Waals surface area contributed by atoms with Gasteiger partial charge in [0.2, 0.25) is 6.79 Å². The third kappa shape index (κ3) is 2.37. The third-order valence-electron chi connectivity index (χ3n) is 3.79. The molecule has 0 saturated heterocycles. The number of aromatic nitrogens is 1. The van der Waals surface area contributed by atoms with Crippen LogP contribution in [0.3, 0.4) is 0 Å². The first-order chi connectivity index (χ1) is 11.7. The molecular weight excluding hydrogens is 331 g/mol. The molecule has 4 rings (SSSR count). The minimum absolute atomic E-state index is 0.0354. The zero-order valence-electron chi connectivity index (χ0n) is 12.8. The second-order valence-electron chi connectivity index (χ2n) is 5.20. The van der Waals surface area contributed by atoms with Crippen LogP contribution in [-0.4, -0.2) is 17.3 Å². The summed E-state index contributed by atoms with van der Waals surface area (Å²) in [5.41, 5.74) is 0.874. The van der Waals surface area contributed by atoms with Gasteiger partial charge in [-0.2, -0.15) is 4.99 Å². The van der Waals surface area contributed by atoms with Crippen LogP contribution in [0.1, 0.15) is 17.3 Å². The molecular formula is C17H13FN2O3S. The minimum Gasteiger partial charge on any atom is -0.454 e. The molecule has 0 atom stereocenters.